The molecular formula is C24H27N3O3. The average molecular weight is 405 g/mol. The lowest BCUT2D eigenvalue weighted by atomic mass is 10.1. The molecule has 0 radical (unpaired) electrons. The number of amides is 1. The number of nitrogens with zero attached hydrogens (tertiary/aromatic N) is 2. The van der Waals surface area contributed by atoms with Crippen molar-refractivity contribution in [2.24, 2.45) is 0 Å². The Kier molecular flexibility index (Phi) is 6.05. The topological polar surface area (TPSA) is 57.4 Å². The molecule has 6 nitrogen and oxygen atoms in total. The first-order valence-corrected chi connectivity index (χ1v) is 10.2. The van der Waals surface area contributed by atoms with Crippen molar-refractivity contribution >= 4 is 27.7 Å². The highest BCUT2D eigenvalue weighted by atomic mass is 16.5. The molecule has 30 heavy (non-hydrogen) atoms. The number of methoxy groups -OCH3 is 2. The Morgan fingerprint density at radius 1 is 0.933 bits per heavy atom. The molecule has 0 aliphatic carbocycles. The fraction of sp³-hybridized carbons (Fsp3) is 0.292. The zero-order chi connectivity index (χ0) is 20.9. The van der Waals surface area contributed by atoms with Crippen molar-refractivity contribution in [1.29, 1.82) is 0 Å². The fourth-order valence-corrected chi connectivity index (χ4v) is 3.96. The average Bonchev–Trinajstić information content (AvgIpc) is 3.34. The third-order valence-corrected chi connectivity index (χ3v) is 5.43. The Labute approximate surface area is 176 Å². The van der Waals surface area contributed by atoms with Crippen LogP contribution < -0.4 is 10.1 Å². The first-order chi connectivity index (χ1) is 14.7. The maximum Gasteiger partial charge on any atom is 0.224 e. The molecule has 2 aromatic heterocycles. The molecule has 0 aliphatic heterocycles. The summed E-state index contributed by atoms with van der Waals surface area (Å²) in [5, 5.41) is 5.25. The Morgan fingerprint density at radius 3 is 2.57 bits per heavy atom. The molecule has 4 rings (SSSR count). The van der Waals surface area contributed by atoms with E-state index in [4.69, 9.17) is 9.47 Å². The summed E-state index contributed by atoms with van der Waals surface area (Å²) in [4.78, 5) is 12.6. The predicted octanol–water partition coefficient (Wildman–Crippen LogP) is 3.61. The maximum absolute atomic E-state index is 12.6. The van der Waals surface area contributed by atoms with Gasteiger partial charge in [0.25, 0.3) is 0 Å². The van der Waals surface area contributed by atoms with Gasteiger partial charge < -0.3 is 23.9 Å². The van der Waals surface area contributed by atoms with Gasteiger partial charge in [-0.3, -0.25) is 4.79 Å². The molecule has 0 saturated carbocycles. The second-order valence-electron chi connectivity index (χ2n) is 7.29. The number of nitrogens with one attached hydrogen (secondary N) is 1. The lowest BCUT2D eigenvalue weighted by Crippen LogP contribution is -2.28. The van der Waals surface area contributed by atoms with Gasteiger partial charge in [0.1, 0.15) is 5.75 Å². The van der Waals surface area contributed by atoms with Crippen molar-refractivity contribution in [3.8, 4) is 5.75 Å². The van der Waals surface area contributed by atoms with Gasteiger partial charge in [0.2, 0.25) is 5.91 Å². The van der Waals surface area contributed by atoms with Crippen LogP contribution in [0.1, 0.15) is 5.56 Å². The molecule has 0 unspecified atom stereocenters. The Hall–Kier alpha value is -3.25. The van der Waals surface area contributed by atoms with E-state index >= 15 is 0 Å². The van der Waals surface area contributed by atoms with E-state index in [1.165, 1.54) is 0 Å². The Balaban J connectivity index is 1.40. The number of carbonyl (C=O) groups is 1. The molecule has 0 atom stereocenters. The largest absolute Gasteiger partial charge is 0.496 e. The number of para-hydroxylation sites is 1. The molecule has 0 aliphatic rings. The van der Waals surface area contributed by atoms with Crippen LogP contribution in [-0.2, 0) is 29.0 Å². The van der Waals surface area contributed by atoms with E-state index < -0.39 is 0 Å². The molecule has 0 spiro atoms. The molecule has 6 heteroatoms. The van der Waals surface area contributed by atoms with Crippen LogP contribution in [0.15, 0.2) is 60.9 Å². The predicted molar refractivity (Wildman–Crippen MR) is 119 cm³/mol. The third kappa shape index (κ3) is 4.04. The van der Waals surface area contributed by atoms with Crippen LogP contribution in [0.25, 0.3) is 21.8 Å². The van der Waals surface area contributed by atoms with E-state index in [1.807, 2.05) is 36.5 Å². The minimum Gasteiger partial charge on any atom is -0.496 e. The van der Waals surface area contributed by atoms with Crippen LogP contribution in [0.5, 0.6) is 5.75 Å². The summed E-state index contributed by atoms with van der Waals surface area (Å²) in [5.41, 5.74) is 3.27. The normalized spacial score (nSPS) is 11.3. The van der Waals surface area contributed by atoms with Crippen LogP contribution in [0.2, 0.25) is 0 Å². The zero-order valence-corrected chi connectivity index (χ0v) is 17.4. The smallest absolute Gasteiger partial charge is 0.224 e. The molecule has 2 aromatic carbocycles. The van der Waals surface area contributed by atoms with E-state index in [9.17, 15) is 4.79 Å². The molecule has 2 heterocycles. The van der Waals surface area contributed by atoms with Crippen LogP contribution in [0.3, 0.4) is 0 Å². The summed E-state index contributed by atoms with van der Waals surface area (Å²) in [6.07, 6.45) is 4.46. The third-order valence-electron chi connectivity index (χ3n) is 5.43. The molecule has 0 bridgehead atoms. The highest BCUT2D eigenvalue weighted by Crippen LogP contribution is 2.26. The Bertz CT molecular complexity index is 1160. The second kappa shape index (κ2) is 9.05. The van der Waals surface area contributed by atoms with Crippen molar-refractivity contribution in [2.75, 3.05) is 27.4 Å². The van der Waals surface area contributed by atoms with Gasteiger partial charge in [-0.05, 0) is 29.8 Å². The molecule has 0 fully saturated rings. The summed E-state index contributed by atoms with van der Waals surface area (Å²) in [7, 11) is 3.38. The van der Waals surface area contributed by atoms with Crippen LogP contribution in [0, 0.1) is 0 Å². The van der Waals surface area contributed by atoms with Gasteiger partial charge >= 0.3 is 0 Å². The van der Waals surface area contributed by atoms with Crippen molar-refractivity contribution in [2.45, 2.75) is 19.5 Å². The van der Waals surface area contributed by atoms with E-state index in [0.29, 0.717) is 26.1 Å². The highest BCUT2D eigenvalue weighted by molar-refractivity contribution is 5.89. The minimum atomic E-state index is 0.0266. The lowest BCUT2D eigenvalue weighted by molar-refractivity contribution is -0.120. The van der Waals surface area contributed by atoms with Gasteiger partial charge in [0.15, 0.2) is 0 Å². The summed E-state index contributed by atoms with van der Waals surface area (Å²) >= 11 is 0. The number of benzene rings is 2. The SMILES string of the molecule is COCCn1cc(CC(=O)NCCn2ccc3c(OC)cccc32)c2ccccc21. The standard InChI is InChI=1S/C24H27N3O3/c1-29-15-14-27-17-18(19-6-3-4-7-21(19)27)16-24(28)25-11-13-26-12-10-20-22(26)8-5-9-23(20)30-2/h3-10,12,17H,11,13-16H2,1-2H3,(H,25,28). The van der Waals surface area contributed by atoms with Gasteiger partial charge in [-0.15, -0.1) is 0 Å². The van der Waals surface area contributed by atoms with Gasteiger partial charge in [-0.2, -0.15) is 0 Å². The summed E-state index contributed by atoms with van der Waals surface area (Å²) < 4.78 is 14.9. The molecule has 156 valence electrons. The summed E-state index contributed by atoms with van der Waals surface area (Å²) in [6.45, 7) is 2.68. The summed E-state index contributed by atoms with van der Waals surface area (Å²) in [6, 6.07) is 16.2. The maximum atomic E-state index is 12.6. The minimum absolute atomic E-state index is 0.0266. The quantitative estimate of drug-likeness (QED) is 0.463. The fourth-order valence-electron chi connectivity index (χ4n) is 3.96. The number of hydrogen-bond donors (Lipinski definition) is 1. The molecule has 1 N–H and O–H groups in total. The van der Waals surface area contributed by atoms with Gasteiger partial charge in [-0.1, -0.05) is 24.3 Å². The van der Waals surface area contributed by atoms with Crippen molar-refractivity contribution in [3.05, 3.63) is 66.5 Å². The van der Waals surface area contributed by atoms with Gasteiger partial charge in [0.05, 0.1) is 25.7 Å². The number of hydrogen-bond acceptors (Lipinski definition) is 3. The second-order valence-corrected chi connectivity index (χ2v) is 7.29. The summed E-state index contributed by atoms with van der Waals surface area (Å²) in [5.74, 6) is 0.888. The monoisotopic (exact) mass is 405 g/mol. The van der Waals surface area contributed by atoms with E-state index in [2.05, 4.69) is 38.8 Å². The van der Waals surface area contributed by atoms with Crippen molar-refractivity contribution < 1.29 is 14.3 Å². The highest BCUT2D eigenvalue weighted by Gasteiger charge is 2.12. The van der Waals surface area contributed by atoms with Crippen LogP contribution in [0.4, 0.5) is 0 Å². The Morgan fingerprint density at radius 2 is 1.73 bits per heavy atom. The number of rotatable bonds is 9. The molecule has 1 amide bonds. The number of aromatic nitrogens is 2. The number of ether oxygens (including phenoxy) is 2. The molecular weight excluding hydrogens is 378 g/mol. The van der Waals surface area contributed by atoms with E-state index in [0.717, 1.165) is 39.7 Å². The van der Waals surface area contributed by atoms with Crippen molar-refractivity contribution in [3.63, 3.8) is 0 Å². The number of fused-ring (bicyclic) bond motifs is 2. The molecule has 4 aromatic rings. The van der Waals surface area contributed by atoms with E-state index in [-0.39, 0.29) is 5.91 Å². The van der Waals surface area contributed by atoms with Gasteiger partial charge in [0, 0.05) is 55.4 Å². The zero-order valence-electron chi connectivity index (χ0n) is 17.4. The van der Waals surface area contributed by atoms with Crippen molar-refractivity contribution in [1.82, 2.24) is 14.5 Å². The lowest BCUT2D eigenvalue weighted by Gasteiger charge is -2.08. The van der Waals surface area contributed by atoms with Gasteiger partial charge in [-0.25, -0.2) is 0 Å². The number of carbonyl (C=O) groups excluding carboxylic acids is 1. The van der Waals surface area contributed by atoms with E-state index in [1.54, 1.807) is 14.2 Å². The molecule has 0 saturated heterocycles. The van der Waals surface area contributed by atoms with Crippen LogP contribution >= 0.6 is 0 Å². The first kappa shape index (κ1) is 20.0. The first-order valence-electron chi connectivity index (χ1n) is 10.2. The van der Waals surface area contributed by atoms with Crippen LogP contribution in [-0.4, -0.2) is 42.4 Å².